The molecule has 2 aromatic rings. The number of ether oxygens (including phenoxy) is 2. The number of carbonyl (C=O) groups excluding carboxylic acids is 1. The van der Waals surface area contributed by atoms with E-state index in [1.165, 1.54) is 0 Å². The number of carbonyl (C=O) groups is 1. The molecule has 1 saturated heterocycles. The van der Waals surface area contributed by atoms with Gasteiger partial charge in [-0.2, -0.15) is 0 Å². The van der Waals surface area contributed by atoms with Crippen molar-refractivity contribution < 1.29 is 14.3 Å². The van der Waals surface area contributed by atoms with E-state index < -0.39 is 0 Å². The number of nitrogens with one attached hydrogen (secondary N) is 1. The molecule has 1 unspecified atom stereocenters. The van der Waals surface area contributed by atoms with E-state index in [1.807, 2.05) is 54.6 Å². The summed E-state index contributed by atoms with van der Waals surface area (Å²) in [4.78, 5) is 14.6. The van der Waals surface area contributed by atoms with Gasteiger partial charge in [-0.25, -0.2) is 4.79 Å². The van der Waals surface area contributed by atoms with Crippen LogP contribution in [0.3, 0.4) is 0 Å². The third-order valence-electron chi connectivity index (χ3n) is 4.27. The smallest absolute Gasteiger partial charge is 0.322 e. The fourth-order valence-corrected chi connectivity index (χ4v) is 2.97. The molecule has 0 spiro atoms. The van der Waals surface area contributed by atoms with Crippen LogP contribution in [0.2, 0.25) is 0 Å². The summed E-state index contributed by atoms with van der Waals surface area (Å²) in [7, 11) is 1.64. The van der Waals surface area contributed by atoms with Crippen LogP contribution in [-0.4, -0.2) is 37.3 Å². The van der Waals surface area contributed by atoms with Gasteiger partial charge in [-0.15, -0.1) is 0 Å². The van der Waals surface area contributed by atoms with Crippen LogP contribution in [0.15, 0.2) is 54.6 Å². The highest BCUT2D eigenvalue weighted by Crippen LogP contribution is 2.19. The molecule has 0 aromatic heterocycles. The minimum absolute atomic E-state index is 0.104. The van der Waals surface area contributed by atoms with Crippen LogP contribution in [0.4, 0.5) is 10.5 Å². The van der Waals surface area contributed by atoms with Crippen LogP contribution < -0.4 is 10.1 Å². The zero-order valence-electron chi connectivity index (χ0n) is 14.5. The van der Waals surface area contributed by atoms with Crippen molar-refractivity contribution >= 4 is 11.7 Å². The Morgan fingerprint density at radius 2 is 2.08 bits per heavy atom. The van der Waals surface area contributed by atoms with Gasteiger partial charge in [-0.3, -0.25) is 0 Å². The van der Waals surface area contributed by atoms with Gasteiger partial charge in [0, 0.05) is 25.4 Å². The first-order chi connectivity index (χ1) is 12.2. The van der Waals surface area contributed by atoms with Gasteiger partial charge in [-0.1, -0.05) is 30.3 Å². The number of methoxy groups -OCH3 is 1. The lowest BCUT2D eigenvalue weighted by molar-refractivity contribution is 0.0819. The van der Waals surface area contributed by atoms with Gasteiger partial charge < -0.3 is 19.7 Å². The Kier molecular flexibility index (Phi) is 5.90. The normalized spacial score (nSPS) is 16.4. The Morgan fingerprint density at radius 3 is 2.80 bits per heavy atom. The van der Waals surface area contributed by atoms with Gasteiger partial charge in [0.15, 0.2) is 0 Å². The molecule has 2 amide bonds. The molecule has 132 valence electrons. The van der Waals surface area contributed by atoms with E-state index in [9.17, 15) is 4.79 Å². The van der Waals surface area contributed by atoms with Gasteiger partial charge >= 0.3 is 6.03 Å². The van der Waals surface area contributed by atoms with Crippen LogP contribution in [-0.2, 0) is 11.3 Å². The summed E-state index contributed by atoms with van der Waals surface area (Å²) in [5.74, 6) is 0.790. The molecule has 5 heteroatoms. The Labute approximate surface area is 148 Å². The summed E-state index contributed by atoms with van der Waals surface area (Å²) in [6, 6.07) is 17.2. The molecule has 25 heavy (non-hydrogen) atoms. The Morgan fingerprint density at radius 1 is 1.24 bits per heavy atom. The number of rotatable bonds is 6. The Bertz CT molecular complexity index is 684. The summed E-state index contributed by atoms with van der Waals surface area (Å²) < 4.78 is 11.0. The van der Waals surface area contributed by atoms with Gasteiger partial charge in [-0.05, 0) is 42.7 Å². The maximum atomic E-state index is 12.8. The second-order valence-corrected chi connectivity index (χ2v) is 6.16. The molecular weight excluding hydrogens is 316 g/mol. The SMILES string of the molecule is COc1cccc(CN(CC2CCCO2)C(=O)Nc2ccccc2)c1. The van der Waals surface area contributed by atoms with Crippen molar-refractivity contribution in [1.29, 1.82) is 0 Å². The van der Waals surface area contributed by atoms with E-state index in [2.05, 4.69) is 5.32 Å². The molecule has 5 nitrogen and oxygen atoms in total. The number of nitrogens with zero attached hydrogens (tertiary/aromatic N) is 1. The van der Waals surface area contributed by atoms with Crippen molar-refractivity contribution in [3.05, 3.63) is 60.2 Å². The van der Waals surface area contributed by atoms with Gasteiger partial charge in [0.05, 0.1) is 13.2 Å². The first-order valence-corrected chi connectivity index (χ1v) is 8.60. The second kappa shape index (κ2) is 8.53. The van der Waals surface area contributed by atoms with E-state index in [1.54, 1.807) is 12.0 Å². The van der Waals surface area contributed by atoms with E-state index >= 15 is 0 Å². The number of benzene rings is 2. The molecule has 0 radical (unpaired) electrons. The van der Waals surface area contributed by atoms with Gasteiger partial charge in [0.1, 0.15) is 5.75 Å². The van der Waals surface area contributed by atoms with E-state index in [0.29, 0.717) is 13.1 Å². The van der Waals surface area contributed by atoms with Crippen molar-refractivity contribution in [1.82, 2.24) is 4.90 Å². The van der Waals surface area contributed by atoms with Crippen molar-refractivity contribution in [2.24, 2.45) is 0 Å². The fourth-order valence-electron chi connectivity index (χ4n) is 2.97. The second-order valence-electron chi connectivity index (χ2n) is 6.16. The standard InChI is InChI=1S/C20H24N2O3/c1-24-18-10-5-7-16(13-18)14-22(15-19-11-6-12-25-19)20(23)21-17-8-3-2-4-9-17/h2-5,7-10,13,19H,6,11-12,14-15H2,1H3,(H,21,23). The minimum Gasteiger partial charge on any atom is -0.497 e. The molecule has 0 aliphatic carbocycles. The highest BCUT2D eigenvalue weighted by molar-refractivity contribution is 5.89. The van der Waals surface area contributed by atoms with E-state index in [-0.39, 0.29) is 12.1 Å². The fraction of sp³-hybridized carbons (Fsp3) is 0.350. The van der Waals surface area contributed by atoms with Crippen LogP contribution in [0.25, 0.3) is 0 Å². The summed E-state index contributed by atoms with van der Waals surface area (Å²) in [5, 5.41) is 2.96. The predicted octanol–water partition coefficient (Wildman–Crippen LogP) is 3.91. The van der Waals surface area contributed by atoms with Crippen LogP contribution in [0.5, 0.6) is 5.75 Å². The molecule has 0 bridgehead atoms. The number of hydrogen-bond donors (Lipinski definition) is 1. The third-order valence-corrected chi connectivity index (χ3v) is 4.27. The first kappa shape index (κ1) is 17.3. The summed E-state index contributed by atoms with van der Waals surface area (Å²) >= 11 is 0. The zero-order chi connectivity index (χ0) is 17.5. The highest BCUT2D eigenvalue weighted by Gasteiger charge is 2.23. The molecular formula is C20H24N2O3. The van der Waals surface area contributed by atoms with Gasteiger partial charge in [0.25, 0.3) is 0 Å². The van der Waals surface area contributed by atoms with Crippen LogP contribution in [0.1, 0.15) is 18.4 Å². The molecule has 1 atom stereocenters. The van der Waals surface area contributed by atoms with Gasteiger partial charge in [0.2, 0.25) is 0 Å². The Balaban J connectivity index is 1.72. The third kappa shape index (κ3) is 4.97. The molecule has 2 aromatic carbocycles. The number of amides is 2. The lowest BCUT2D eigenvalue weighted by Crippen LogP contribution is -2.39. The quantitative estimate of drug-likeness (QED) is 0.867. The average molecular weight is 340 g/mol. The number of hydrogen-bond acceptors (Lipinski definition) is 3. The summed E-state index contributed by atoms with van der Waals surface area (Å²) in [5.41, 5.74) is 1.82. The predicted molar refractivity (Wildman–Crippen MR) is 97.8 cm³/mol. The largest absolute Gasteiger partial charge is 0.497 e. The average Bonchev–Trinajstić information content (AvgIpc) is 3.15. The molecule has 1 aliphatic heterocycles. The van der Waals surface area contributed by atoms with E-state index in [4.69, 9.17) is 9.47 Å². The topological polar surface area (TPSA) is 50.8 Å². The number of urea groups is 1. The number of para-hydroxylation sites is 1. The van der Waals surface area contributed by atoms with Crippen molar-refractivity contribution in [3.8, 4) is 5.75 Å². The lowest BCUT2D eigenvalue weighted by Gasteiger charge is -2.26. The molecule has 1 fully saturated rings. The molecule has 1 aliphatic rings. The lowest BCUT2D eigenvalue weighted by atomic mass is 10.2. The maximum absolute atomic E-state index is 12.8. The highest BCUT2D eigenvalue weighted by atomic mass is 16.5. The summed E-state index contributed by atoms with van der Waals surface area (Å²) in [6.45, 7) is 1.86. The first-order valence-electron chi connectivity index (χ1n) is 8.60. The van der Waals surface area contributed by atoms with E-state index in [0.717, 1.165) is 36.4 Å². The monoisotopic (exact) mass is 340 g/mol. The molecule has 0 saturated carbocycles. The van der Waals surface area contributed by atoms with Crippen molar-refractivity contribution in [2.45, 2.75) is 25.5 Å². The molecule has 3 rings (SSSR count). The zero-order valence-corrected chi connectivity index (χ0v) is 14.5. The molecule has 1 heterocycles. The minimum atomic E-state index is -0.121. The van der Waals surface area contributed by atoms with Crippen molar-refractivity contribution in [2.75, 3.05) is 25.6 Å². The maximum Gasteiger partial charge on any atom is 0.322 e. The number of anilines is 1. The molecule has 1 N–H and O–H groups in total. The Hall–Kier alpha value is -2.53. The van der Waals surface area contributed by atoms with Crippen LogP contribution >= 0.6 is 0 Å². The van der Waals surface area contributed by atoms with Crippen molar-refractivity contribution in [3.63, 3.8) is 0 Å². The summed E-state index contributed by atoms with van der Waals surface area (Å²) in [6.07, 6.45) is 2.15. The van der Waals surface area contributed by atoms with Crippen LogP contribution in [0, 0.1) is 0 Å².